The van der Waals surface area contributed by atoms with Crippen molar-refractivity contribution in [3.63, 3.8) is 0 Å². The lowest BCUT2D eigenvalue weighted by Crippen LogP contribution is -2.40. The molecular weight excluding hydrogens is 500 g/mol. The average molecular weight is 543 g/mol. The zero-order valence-electron chi connectivity index (χ0n) is 23.3. The number of aryl methyl sites for hydroxylation is 2. The van der Waals surface area contributed by atoms with E-state index >= 15 is 0 Å². The monoisotopic (exact) mass is 542 g/mol. The van der Waals surface area contributed by atoms with Gasteiger partial charge in [0.25, 0.3) is 0 Å². The Bertz CT molecular complexity index is 1130. The lowest BCUT2D eigenvalue weighted by atomic mass is 9.84. The quantitative estimate of drug-likeness (QED) is 0.194. The molecule has 1 aliphatic rings. The molecule has 2 aromatic carbocycles. The summed E-state index contributed by atoms with van der Waals surface area (Å²) in [7, 11) is 0. The number of carbonyl (C=O) groups excluding carboxylic acids is 1. The van der Waals surface area contributed by atoms with E-state index in [9.17, 15) is 20.1 Å². The summed E-state index contributed by atoms with van der Waals surface area (Å²) in [6.07, 6.45) is 5.25. The second-order valence-electron chi connectivity index (χ2n) is 11.2. The first-order valence-electron chi connectivity index (χ1n) is 13.5. The SMILES string of the molecule is CCCCCC1(CCc2ccc(O)cc2)CC(O)=C(Sc2cc(C)c(OCCO)cc2C(C)(C)C)C(=O)O1. The Labute approximate surface area is 231 Å². The van der Waals surface area contributed by atoms with E-state index in [4.69, 9.17) is 9.47 Å². The molecule has 38 heavy (non-hydrogen) atoms. The molecule has 3 rings (SSSR count). The summed E-state index contributed by atoms with van der Waals surface area (Å²) < 4.78 is 11.9. The molecule has 0 saturated carbocycles. The Kier molecular flexibility index (Phi) is 10.2. The van der Waals surface area contributed by atoms with E-state index in [-0.39, 0.29) is 41.5 Å². The Hall–Kier alpha value is -2.64. The second-order valence-corrected chi connectivity index (χ2v) is 12.2. The van der Waals surface area contributed by atoms with Crippen LogP contribution in [0.3, 0.4) is 0 Å². The molecule has 0 fully saturated rings. The predicted molar refractivity (Wildman–Crippen MR) is 152 cm³/mol. The average Bonchev–Trinajstić information content (AvgIpc) is 2.85. The highest BCUT2D eigenvalue weighted by atomic mass is 32.2. The highest BCUT2D eigenvalue weighted by Crippen LogP contribution is 2.45. The number of esters is 1. The molecule has 0 bridgehead atoms. The fourth-order valence-corrected chi connectivity index (χ4v) is 6.02. The normalized spacial score (nSPS) is 18.0. The third-order valence-corrected chi connectivity index (χ3v) is 8.10. The molecule has 7 heteroatoms. The van der Waals surface area contributed by atoms with Gasteiger partial charge in [-0.15, -0.1) is 0 Å². The third-order valence-electron chi connectivity index (χ3n) is 6.93. The Morgan fingerprint density at radius 2 is 1.79 bits per heavy atom. The number of aliphatic hydroxyl groups is 2. The van der Waals surface area contributed by atoms with Gasteiger partial charge in [0.2, 0.25) is 0 Å². The van der Waals surface area contributed by atoms with E-state index in [1.807, 2.05) is 31.2 Å². The van der Waals surface area contributed by atoms with Crippen molar-refractivity contribution in [2.45, 2.75) is 95.5 Å². The van der Waals surface area contributed by atoms with Crippen LogP contribution in [0.15, 0.2) is 52.0 Å². The highest BCUT2D eigenvalue weighted by molar-refractivity contribution is 8.04. The lowest BCUT2D eigenvalue weighted by molar-refractivity contribution is -0.159. The molecule has 208 valence electrons. The first-order valence-corrected chi connectivity index (χ1v) is 14.3. The number of ether oxygens (including phenoxy) is 2. The van der Waals surface area contributed by atoms with Gasteiger partial charge in [0.1, 0.15) is 34.4 Å². The molecule has 0 saturated heterocycles. The fourth-order valence-electron chi connectivity index (χ4n) is 4.77. The van der Waals surface area contributed by atoms with Crippen molar-refractivity contribution >= 4 is 17.7 Å². The van der Waals surface area contributed by atoms with Crippen LogP contribution >= 0.6 is 11.8 Å². The molecule has 1 aliphatic heterocycles. The van der Waals surface area contributed by atoms with E-state index < -0.39 is 11.6 Å². The van der Waals surface area contributed by atoms with Gasteiger partial charge in [-0.05, 0) is 79.0 Å². The number of aliphatic hydroxyl groups excluding tert-OH is 2. The number of carbonyl (C=O) groups is 1. The van der Waals surface area contributed by atoms with Crippen LogP contribution in [0.1, 0.15) is 82.9 Å². The third kappa shape index (κ3) is 7.70. The van der Waals surface area contributed by atoms with Crippen LogP contribution in [0.5, 0.6) is 11.5 Å². The summed E-state index contributed by atoms with van der Waals surface area (Å²) in [6.45, 7) is 10.5. The molecule has 3 N–H and O–H groups in total. The summed E-state index contributed by atoms with van der Waals surface area (Å²) >= 11 is 1.25. The maximum absolute atomic E-state index is 13.4. The van der Waals surface area contributed by atoms with Crippen molar-refractivity contribution in [3.05, 3.63) is 63.8 Å². The van der Waals surface area contributed by atoms with E-state index in [2.05, 4.69) is 27.7 Å². The van der Waals surface area contributed by atoms with Crippen molar-refractivity contribution in [3.8, 4) is 11.5 Å². The van der Waals surface area contributed by atoms with Gasteiger partial charge in [-0.1, -0.05) is 64.4 Å². The van der Waals surface area contributed by atoms with Crippen molar-refractivity contribution < 1.29 is 29.6 Å². The Balaban J connectivity index is 1.89. The molecule has 2 aromatic rings. The highest BCUT2D eigenvalue weighted by Gasteiger charge is 2.42. The molecule has 0 aliphatic carbocycles. The number of phenolic OH excluding ortho intramolecular Hbond substituents is 1. The first-order chi connectivity index (χ1) is 18.0. The van der Waals surface area contributed by atoms with Gasteiger partial charge in [-0.3, -0.25) is 0 Å². The number of benzene rings is 2. The van der Waals surface area contributed by atoms with Crippen LogP contribution in [0, 0.1) is 6.92 Å². The summed E-state index contributed by atoms with van der Waals surface area (Å²) in [5, 5.41) is 30.0. The molecule has 0 spiro atoms. The van der Waals surface area contributed by atoms with Gasteiger partial charge in [0.15, 0.2) is 0 Å². The van der Waals surface area contributed by atoms with E-state index in [0.717, 1.165) is 40.8 Å². The molecule has 1 atom stereocenters. The van der Waals surface area contributed by atoms with Gasteiger partial charge in [-0.2, -0.15) is 0 Å². The number of rotatable bonds is 12. The second kappa shape index (κ2) is 12.9. The van der Waals surface area contributed by atoms with Crippen molar-refractivity contribution in [1.82, 2.24) is 0 Å². The number of aromatic hydroxyl groups is 1. The van der Waals surface area contributed by atoms with E-state index in [1.165, 1.54) is 11.8 Å². The molecule has 0 amide bonds. The number of cyclic esters (lactones) is 1. The summed E-state index contributed by atoms with van der Waals surface area (Å²) in [5.41, 5.74) is 1.92. The van der Waals surface area contributed by atoms with Crippen LogP contribution in [0.4, 0.5) is 0 Å². The standard InChI is InChI=1S/C31H42O6S/c1-6-7-8-14-31(15-13-22-9-11-23(33)12-10-22)20-25(34)28(29(35)37-31)38-27-18-21(2)26(36-17-16-32)19-24(27)30(3,4)5/h9-12,18-19,32-34H,6-8,13-17,20H2,1-5H3. The minimum Gasteiger partial charge on any atom is -0.511 e. The van der Waals surface area contributed by atoms with Crippen LogP contribution < -0.4 is 4.74 Å². The van der Waals surface area contributed by atoms with Gasteiger partial charge in [0.05, 0.1) is 6.61 Å². The van der Waals surface area contributed by atoms with Crippen molar-refractivity contribution in [1.29, 1.82) is 0 Å². The molecule has 6 nitrogen and oxygen atoms in total. The largest absolute Gasteiger partial charge is 0.511 e. The van der Waals surface area contributed by atoms with Gasteiger partial charge in [-0.25, -0.2) is 4.79 Å². The molecule has 1 unspecified atom stereocenters. The van der Waals surface area contributed by atoms with Crippen LogP contribution in [-0.4, -0.2) is 40.1 Å². The zero-order chi connectivity index (χ0) is 27.9. The lowest BCUT2D eigenvalue weighted by Gasteiger charge is -2.37. The van der Waals surface area contributed by atoms with Crippen molar-refractivity contribution in [2.75, 3.05) is 13.2 Å². The Morgan fingerprint density at radius 1 is 1.08 bits per heavy atom. The molecule has 0 radical (unpaired) electrons. The molecular formula is C31H42O6S. The first kappa shape index (κ1) is 29.9. The van der Waals surface area contributed by atoms with E-state index in [0.29, 0.717) is 25.0 Å². The summed E-state index contributed by atoms with van der Waals surface area (Å²) in [6, 6.07) is 11.0. The maximum Gasteiger partial charge on any atom is 0.349 e. The maximum atomic E-state index is 13.4. The number of thioether (sulfide) groups is 1. The minimum atomic E-state index is -0.761. The van der Waals surface area contributed by atoms with Crippen LogP contribution in [-0.2, 0) is 21.4 Å². The van der Waals surface area contributed by atoms with Gasteiger partial charge >= 0.3 is 5.97 Å². The summed E-state index contributed by atoms with van der Waals surface area (Å²) in [4.78, 5) is 14.5. The van der Waals surface area contributed by atoms with E-state index in [1.54, 1.807) is 12.1 Å². The number of hydrogen-bond donors (Lipinski definition) is 3. The van der Waals surface area contributed by atoms with Crippen LogP contribution in [0.25, 0.3) is 0 Å². The predicted octanol–water partition coefficient (Wildman–Crippen LogP) is 7.13. The fraction of sp³-hybridized carbons (Fsp3) is 0.516. The topological polar surface area (TPSA) is 96.2 Å². The van der Waals surface area contributed by atoms with Gasteiger partial charge in [0, 0.05) is 11.3 Å². The smallest absolute Gasteiger partial charge is 0.349 e. The minimum absolute atomic E-state index is 0.0693. The molecule has 0 aromatic heterocycles. The van der Waals surface area contributed by atoms with Gasteiger partial charge < -0.3 is 24.8 Å². The van der Waals surface area contributed by atoms with Crippen molar-refractivity contribution in [2.24, 2.45) is 0 Å². The zero-order valence-corrected chi connectivity index (χ0v) is 24.1. The number of hydrogen-bond acceptors (Lipinski definition) is 7. The van der Waals surface area contributed by atoms with Crippen LogP contribution in [0.2, 0.25) is 0 Å². The Morgan fingerprint density at radius 3 is 2.39 bits per heavy atom. The molecule has 1 heterocycles. The number of unbranched alkanes of at least 4 members (excludes halogenated alkanes) is 2. The number of phenols is 1. The summed E-state index contributed by atoms with van der Waals surface area (Å²) in [5.74, 6) is 0.503.